The van der Waals surface area contributed by atoms with Gasteiger partial charge in [-0.15, -0.1) is 0 Å². The molecule has 3 N–H and O–H groups in total. The molecule has 0 spiro atoms. The Morgan fingerprint density at radius 3 is 2.84 bits per heavy atom. The van der Waals surface area contributed by atoms with Crippen molar-refractivity contribution >= 4 is 5.91 Å². The molecule has 1 aliphatic carbocycles. The molecule has 0 fully saturated rings. The molecule has 5 heteroatoms. The van der Waals surface area contributed by atoms with E-state index in [1.807, 2.05) is 27.1 Å². The molecule has 1 heterocycles. The predicted molar refractivity (Wildman–Crippen MR) is 74.7 cm³/mol. The molecule has 0 aliphatic heterocycles. The van der Waals surface area contributed by atoms with Crippen LogP contribution in [-0.4, -0.2) is 27.0 Å². The number of aromatic nitrogens is 2. The third kappa shape index (κ3) is 2.97. The molecule has 1 aliphatic rings. The van der Waals surface area contributed by atoms with Crippen LogP contribution in [0, 0.1) is 0 Å². The van der Waals surface area contributed by atoms with Crippen molar-refractivity contribution < 1.29 is 4.79 Å². The van der Waals surface area contributed by atoms with Gasteiger partial charge in [-0.3, -0.25) is 10.1 Å². The van der Waals surface area contributed by atoms with E-state index in [1.165, 1.54) is 24.2 Å². The van der Waals surface area contributed by atoms with Crippen molar-refractivity contribution in [3.8, 4) is 0 Å². The lowest BCUT2D eigenvalue weighted by molar-refractivity contribution is -0.124. The summed E-state index contributed by atoms with van der Waals surface area (Å²) in [4.78, 5) is 16.2. The van der Waals surface area contributed by atoms with Crippen LogP contribution in [0.3, 0.4) is 0 Å². The summed E-state index contributed by atoms with van der Waals surface area (Å²) in [7, 11) is 0. The van der Waals surface area contributed by atoms with Gasteiger partial charge >= 0.3 is 0 Å². The van der Waals surface area contributed by atoms with E-state index in [2.05, 4.69) is 14.9 Å². The van der Waals surface area contributed by atoms with Crippen molar-refractivity contribution in [3.05, 3.63) is 17.7 Å². The largest absolute Gasteiger partial charge is 0.368 e. The summed E-state index contributed by atoms with van der Waals surface area (Å²) in [5.41, 5.74) is 7.29. The van der Waals surface area contributed by atoms with Crippen LogP contribution >= 0.6 is 0 Å². The number of nitrogens with zero attached hydrogens (tertiary/aromatic N) is 2. The molecular weight excluding hydrogens is 240 g/mol. The SMILES string of the molecule is CC(C)NC(C)(Cn1cnc2c1CCCC2)C(N)=O. The molecule has 106 valence electrons. The van der Waals surface area contributed by atoms with Gasteiger partial charge in [0.2, 0.25) is 5.91 Å². The third-order valence-electron chi connectivity index (χ3n) is 3.75. The molecule has 2 rings (SSSR count). The topological polar surface area (TPSA) is 72.9 Å². The van der Waals surface area contributed by atoms with Gasteiger partial charge in [0.15, 0.2) is 0 Å². The predicted octanol–water partition coefficient (Wildman–Crippen LogP) is 1.00. The summed E-state index contributed by atoms with van der Waals surface area (Å²) >= 11 is 0. The zero-order valence-electron chi connectivity index (χ0n) is 12.1. The van der Waals surface area contributed by atoms with Crippen LogP contribution < -0.4 is 11.1 Å². The Bertz CT molecular complexity index is 466. The number of primary amides is 1. The second-order valence-electron chi connectivity index (χ2n) is 5.97. The fourth-order valence-electron chi connectivity index (χ4n) is 2.84. The van der Waals surface area contributed by atoms with Gasteiger partial charge in [-0.2, -0.15) is 0 Å². The number of nitrogens with one attached hydrogen (secondary N) is 1. The van der Waals surface area contributed by atoms with E-state index in [9.17, 15) is 4.79 Å². The van der Waals surface area contributed by atoms with Crippen LogP contribution in [-0.2, 0) is 24.2 Å². The highest BCUT2D eigenvalue weighted by atomic mass is 16.1. The maximum atomic E-state index is 11.8. The van der Waals surface area contributed by atoms with E-state index in [-0.39, 0.29) is 11.9 Å². The third-order valence-corrected chi connectivity index (χ3v) is 3.75. The number of nitrogens with two attached hydrogens (primary N) is 1. The molecule has 0 saturated carbocycles. The zero-order chi connectivity index (χ0) is 14.0. The minimum absolute atomic E-state index is 0.205. The van der Waals surface area contributed by atoms with Crippen molar-refractivity contribution in [3.63, 3.8) is 0 Å². The number of amides is 1. The number of carbonyl (C=O) groups is 1. The van der Waals surface area contributed by atoms with Crippen LogP contribution in [0.15, 0.2) is 6.33 Å². The number of fused-ring (bicyclic) bond motifs is 1. The van der Waals surface area contributed by atoms with E-state index < -0.39 is 5.54 Å². The van der Waals surface area contributed by atoms with Crippen LogP contribution in [0.2, 0.25) is 0 Å². The normalized spacial score (nSPS) is 18.1. The van der Waals surface area contributed by atoms with Gasteiger partial charge in [0.25, 0.3) is 0 Å². The van der Waals surface area contributed by atoms with Crippen molar-refractivity contribution in [1.82, 2.24) is 14.9 Å². The molecule has 1 aromatic rings. The Kier molecular flexibility index (Phi) is 3.94. The van der Waals surface area contributed by atoms with E-state index in [4.69, 9.17) is 5.73 Å². The maximum absolute atomic E-state index is 11.8. The number of carbonyl (C=O) groups excluding carboxylic acids is 1. The van der Waals surface area contributed by atoms with Gasteiger partial charge in [-0.05, 0) is 46.5 Å². The average Bonchev–Trinajstić information content (AvgIpc) is 2.71. The van der Waals surface area contributed by atoms with E-state index in [0.717, 1.165) is 12.8 Å². The van der Waals surface area contributed by atoms with E-state index >= 15 is 0 Å². The Morgan fingerprint density at radius 1 is 1.53 bits per heavy atom. The molecule has 0 radical (unpaired) electrons. The summed E-state index contributed by atoms with van der Waals surface area (Å²) in [5, 5.41) is 3.28. The maximum Gasteiger partial charge on any atom is 0.239 e. The highest BCUT2D eigenvalue weighted by Crippen LogP contribution is 2.21. The lowest BCUT2D eigenvalue weighted by atomic mass is 9.98. The Labute approximate surface area is 114 Å². The molecule has 0 saturated heterocycles. The van der Waals surface area contributed by atoms with E-state index in [1.54, 1.807) is 0 Å². The summed E-state index contributed by atoms with van der Waals surface area (Å²) in [6.07, 6.45) is 6.35. The highest BCUT2D eigenvalue weighted by molar-refractivity contribution is 5.84. The molecule has 1 aromatic heterocycles. The summed E-state index contributed by atoms with van der Waals surface area (Å²) in [6.45, 7) is 6.45. The molecule has 1 atom stereocenters. The summed E-state index contributed by atoms with van der Waals surface area (Å²) < 4.78 is 2.09. The van der Waals surface area contributed by atoms with Crippen LogP contribution in [0.4, 0.5) is 0 Å². The Balaban J connectivity index is 2.22. The number of imidazole rings is 1. The van der Waals surface area contributed by atoms with Gasteiger partial charge in [0.1, 0.15) is 5.54 Å². The minimum Gasteiger partial charge on any atom is -0.368 e. The first kappa shape index (κ1) is 14.1. The first-order valence-corrected chi connectivity index (χ1v) is 7.03. The van der Waals surface area contributed by atoms with Crippen molar-refractivity contribution in [2.75, 3.05) is 0 Å². The Morgan fingerprint density at radius 2 is 2.21 bits per heavy atom. The smallest absolute Gasteiger partial charge is 0.239 e. The van der Waals surface area contributed by atoms with Crippen molar-refractivity contribution in [2.45, 2.75) is 64.6 Å². The van der Waals surface area contributed by atoms with Crippen LogP contribution in [0.1, 0.15) is 45.0 Å². The first-order chi connectivity index (χ1) is 8.92. The number of hydrogen-bond acceptors (Lipinski definition) is 3. The second kappa shape index (κ2) is 5.33. The summed E-state index contributed by atoms with van der Waals surface area (Å²) in [5.74, 6) is -0.320. The van der Waals surface area contributed by atoms with Gasteiger partial charge < -0.3 is 10.3 Å². The molecule has 1 amide bonds. The fourth-order valence-corrected chi connectivity index (χ4v) is 2.84. The Hall–Kier alpha value is -1.36. The van der Waals surface area contributed by atoms with Gasteiger partial charge in [-0.25, -0.2) is 4.98 Å². The van der Waals surface area contributed by atoms with Crippen LogP contribution in [0.5, 0.6) is 0 Å². The summed E-state index contributed by atoms with van der Waals surface area (Å²) in [6, 6.07) is 0.205. The number of rotatable bonds is 5. The molecule has 5 nitrogen and oxygen atoms in total. The fraction of sp³-hybridized carbons (Fsp3) is 0.714. The molecule has 0 aromatic carbocycles. The van der Waals surface area contributed by atoms with Gasteiger partial charge in [0, 0.05) is 11.7 Å². The standard InChI is InChI=1S/C14H24N4O/c1-10(2)17-14(3,13(15)19)8-18-9-16-11-6-4-5-7-12(11)18/h9-10,17H,4-8H2,1-3H3,(H2,15,19). The van der Waals surface area contributed by atoms with Gasteiger partial charge in [-0.1, -0.05) is 0 Å². The van der Waals surface area contributed by atoms with Crippen molar-refractivity contribution in [1.29, 1.82) is 0 Å². The number of hydrogen-bond donors (Lipinski definition) is 2. The quantitative estimate of drug-likeness (QED) is 0.833. The molecule has 19 heavy (non-hydrogen) atoms. The van der Waals surface area contributed by atoms with Crippen molar-refractivity contribution in [2.24, 2.45) is 5.73 Å². The minimum atomic E-state index is -0.736. The zero-order valence-corrected chi connectivity index (χ0v) is 12.1. The molecule has 0 bridgehead atoms. The monoisotopic (exact) mass is 264 g/mol. The second-order valence-corrected chi connectivity index (χ2v) is 5.97. The van der Waals surface area contributed by atoms with E-state index in [0.29, 0.717) is 6.54 Å². The lowest BCUT2D eigenvalue weighted by Gasteiger charge is -2.31. The number of aryl methyl sites for hydroxylation is 1. The molecule has 1 unspecified atom stereocenters. The molecular formula is C14H24N4O. The average molecular weight is 264 g/mol. The van der Waals surface area contributed by atoms with Crippen LogP contribution in [0.25, 0.3) is 0 Å². The van der Waals surface area contributed by atoms with Gasteiger partial charge in [0.05, 0.1) is 18.6 Å². The highest BCUT2D eigenvalue weighted by Gasteiger charge is 2.33. The lowest BCUT2D eigenvalue weighted by Crippen LogP contribution is -2.58. The first-order valence-electron chi connectivity index (χ1n) is 7.03.